The highest BCUT2D eigenvalue weighted by Gasteiger charge is 2.32. The first-order valence-electron chi connectivity index (χ1n) is 12.9. The minimum atomic E-state index is -0.216. The lowest BCUT2D eigenvalue weighted by Crippen LogP contribution is -2.38. The topological polar surface area (TPSA) is 92.6 Å². The molecule has 3 heterocycles. The number of tetrazole rings is 1. The first-order chi connectivity index (χ1) is 19.5. The van der Waals surface area contributed by atoms with Gasteiger partial charge in [-0.05, 0) is 66.8 Å². The van der Waals surface area contributed by atoms with Crippen molar-refractivity contribution < 1.29 is 9.18 Å². The number of H-pyrrole nitrogens is 1. The lowest BCUT2D eigenvalue weighted by Gasteiger charge is -2.32. The van der Waals surface area contributed by atoms with Crippen LogP contribution < -0.4 is 0 Å². The van der Waals surface area contributed by atoms with E-state index >= 15 is 0 Å². The number of benzene rings is 3. The minimum Gasteiger partial charge on any atom is -0.337 e. The van der Waals surface area contributed by atoms with Crippen LogP contribution >= 0.6 is 23.2 Å². The molecule has 5 aromatic rings. The zero-order valence-corrected chi connectivity index (χ0v) is 22.8. The maximum absolute atomic E-state index is 14.4. The van der Waals surface area contributed by atoms with Gasteiger partial charge in [-0.2, -0.15) is 5.21 Å². The summed E-state index contributed by atoms with van der Waals surface area (Å²) < 4.78 is 16.3. The van der Waals surface area contributed by atoms with E-state index < -0.39 is 0 Å². The third kappa shape index (κ3) is 5.10. The van der Waals surface area contributed by atoms with Gasteiger partial charge in [0.25, 0.3) is 5.91 Å². The van der Waals surface area contributed by atoms with E-state index in [0.717, 1.165) is 5.69 Å². The third-order valence-corrected chi connectivity index (χ3v) is 7.80. The Morgan fingerprint density at radius 2 is 1.70 bits per heavy atom. The fourth-order valence-electron chi connectivity index (χ4n) is 5.24. The summed E-state index contributed by atoms with van der Waals surface area (Å²) in [6.07, 6.45) is 1.51. The number of carbonyl (C=O) groups is 1. The van der Waals surface area contributed by atoms with Crippen LogP contribution in [0.15, 0.2) is 72.8 Å². The second-order valence-corrected chi connectivity index (χ2v) is 10.5. The fraction of sp³-hybridized carbons (Fsp3) is 0.207. The number of imidazole rings is 1. The third-order valence-electron chi connectivity index (χ3n) is 7.22. The van der Waals surface area contributed by atoms with Crippen LogP contribution in [0.2, 0.25) is 10.0 Å². The van der Waals surface area contributed by atoms with Crippen LogP contribution in [-0.2, 0) is 6.42 Å². The van der Waals surface area contributed by atoms with Crippen LogP contribution in [0, 0.1) is 5.82 Å². The average Bonchev–Trinajstić information content (AvgIpc) is 3.62. The van der Waals surface area contributed by atoms with Gasteiger partial charge in [-0.15, -0.1) is 10.2 Å². The first kappa shape index (κ1) is 26.2. The molecule has 1 aliphatic rings. The van der Waals surface area contributed by atoms with Crippen molar-refractivity contribution in [3.05, 3.63) is 111 Å². The van der Waals surface area contributed by atoms with Crippen molar-refractivity contribution in [1.82, 2.24) is 35.1 Å². The van der Waals surface area contributed by atoms with Gasteiger partial charge in [-0.3, -0.25) is 9.36 Å². The Bertz CT molecular complexity index is 1650. The Kier molecular flexibility index (Phi) is 7.32. The number of aromatic nitrogens is 6. The number of carbonyl (C=O) groups excluding carboxylic acids is 1. The van der Waals surface area contributed by atoms with E-state index in [1.165, 1.54) is 6.07 Å². The SMILES string of the molecule is O=C(c1nc(-c2ccccc2Cl)n(-c2ccc(Cl)cc2)c1Cc1nn[nH]n1)N1CCC(c2ccccc2F)CC1. The largest absolute Gasteiger partial charge is 0.337 e. The van der Waals surface area contributed by atoms with Gasteiger partial charge in [0, 0.05) is 29.4 Å². The molecule has 11 heteroatoms. The van der Waals surface area contributed by atoms with E-state index in [9.17, 15) is 9.18 Å². The van der Waals surface area contributed by atoms with E-state index in [-0.39, 0.29) is 29.8 Å². The molecule has 40 heavy (non-hydrogen) atoms. The molecule has 202 valence electrons. The van der Waals surface area contributed by atoms with Crippen LogP contribution in [0.3, 0.4) is 0 Å². The Balaban J connectivity index is 1.42. The number of aromatic amines is 1. The number of nitrogens with one attached hydrogen (secondary N) is 1. The van der Waals surface area contributed by atoms with E-state index in [1.54, 1.807) is 29.2 Å². The Morgan fingerprint density at radius 3 is 2.40 bits per heavy atom. The monoisotopic (exact) mass is 575 g/mol. The number of amides is 1. The summed E-state index contributed by atoms with van der Waals surface area (Å²) in [5.74, 6) is 0.547. The predicted molar refractivity (Wildman–Crippen MR) is 150 cm³/mol. The van der Waals surface area contributed by atoms with Crippen molar-refractivity contribution in [3.8, 4) is 17.1 Å². The molecule has 1 saturated heterocycles. The molecule has 0 aliphatic carbocycles. The van der Waals surface area contributed by atoms with Gasteiger partial charge >= 0.3 is 0 Å². The molecule has 0 bridgehead atoms. The van der Waals surface area contributed by atoms with Crippen molar-refractivity contribution in [1.29, 1.82) is 0 Å². The molecule has 1 N–H and O–H groups in total. The van der Waals surface area contributed by atoms with E-state index in [4.69, 9.17) is 28.2 Å². The summed E-state index contributed by atoms with van der Waals surface area (Å²) in [4.78, 5) is 20.8. The van der Waals surface area contributed by atoms with Gasteiger partial charge in [-0.1, -0.05) is 58.7 Å². The maximum Gasteiger partial charge on any atom is 0.274 e. The average molecular weight is 576 g/mol. The van der Waals surface area contributed by atoms with Crippen molar-refractivity contribution in [3.63, 3.8) is 0 Å². The second-order valence-electron chi connectivity index (χ2n) is 9.62. The van der Waals surface area contributed by atoms with Crippen LogP contribution in [0.4, 0.5) is 4.39 Å². The highest BCUT2D eigenvalue weighted by Crippen LogP contribution is 2.35. The van der Waals surface area contributed by atoms with Gasteiger partial charge in [0.2, 0.25) is 0 Å². The number of hydrogen-bond donors (Lipinski definition) is 1. The van der Waals surface area contributed by atoms with Crippen molar-refractivity contribution in [2.75, 3.05) is 13.1 Å². The van der Waals surface area contributed by atoms with Gasteiger partial charge in [0.1, 0.15) is 11.6 Å². The van der Waals surface area contributed by atoms with Crippen LogP contribution in [0.1, 0.15) is 46.3 Å². The molecule has 6 rings (SSSR count). The lowest BCUT2D eigenvalue weighted by atomic mass is 9.89. The summed E-state index contributed by atoms with van der Waals surface area (Å²) in [6, 6.07) is 21.5. The fourth-order valence-corrected chi connectivity index (χ4v) is 5.58. The number of halogens is 3. The molecular weight excluding hydrogens is 552 g/mol. The minimum absolute atomic E-state index is 0.0503. The number of piperidine rings is 1. The molecule has 0 atom stereocenters. The highest BCUT2D eigenvalue weighted by atomic mass is 35.5. The normalized spacial score (nSPS) is 14.0. The molecule has 0 radical (unpaired) electrons. The van der Waals surface area contributed by atoms with Crippen molar-refractivity contribution >= 4 is 29.1 Å². The number of rotatable bonds is 6. The lowest BCUT2D eigenvalue weighted by molar-refractivity contribution is 0.0706. The quantitative estimate of drug-likeness (QED) is 0.264. The number of nitrogens with zero attached hydrogens (tertiary/aromatic N) is 6. The summed E-state index contributed by atoms with van der Waals surface area (Å²) in [5.41, 5.74) is 2.99. The molecule has 0 saturated carbocycles. The first-order valence-corrected chi connectivity index (χ1v) is 13.6. The Hall–Kier alpha value is -4.08. The zero-order valence-electron chi connectivity index (χ0n) is 21.3. The molecule has 1 amide bonds. The van der Waals surface area contributed by atoms with E-state index in [1.807, 2.05) is 47.0 Å². The molecule has 0 spiro atoms. The second kappa shape index (κ2) is 11.2. The molecule has 1 fully saturated rings. The molecule has 8 nitrogen and oxygen atoms in total. The van der Waals surface area contributed by atoms with Gasteiger partial charge < -0.3 is 4.90 Å². The van der Waals surface area contributed by atoms with Crippen LogP contribution in [-0.4, -0.2) is 54.1 Å². The Labute approximate surface area is 239 Å². The highest BCUT2D eigenvalue weighted by molar-refractivity contribution is 6.33. The van der Waals surface area contributed by atoms with Crippen molar-refractivity contribution in [2.45, 2.75) is 25.2 Å². The number of hydrogen-bond acceptors (Lipinski definition) is 5. The van der Waals surface area contributed by atoms with Gasteiger partial charge in [-0.25, -0.2) is 9.37 Å². The van der Waals surface area contributed by atoms with Crippen LogP contribution in [0.5, 0.6) is 0 Å². The van der Waals surface area contributed by atoms with E-state index in [2.05, 4.69) is 20.6 Å². The maximum atomic E-state index is 14.4. The molecule has 3 aromatic carbocycles. The summed E-state index contributed by atoms with van der Waals surface area (Å²) >= 11 is 12.8. The standard InChI is InChI=1S/C29H24Cl2FN7O/c30-19-9-11-20(12-10-19)39-25(17-26-34-36-37-35-26)27(33-28(39)22-6-1-3-7-23(22)31)29(40)38-15-13-18(14-16-38)21-5-2-4-8-24(21)32/h1-12,18H,13-17H2,(H,34,35,36,37). The Morgan fingerprint density at radius 1 is 0.975 bits per heavy atom. The predicted octanol–water partition coefficient (Wildman–Crippen LogP) is 6.11. The molecule has 2 aromatic heterocycles. The van der Waals surface area contributed by atoms with Crippen LogP contribution in [0.25, 0.3) is 17.1 Å². The summed E-state index contributed by atoms with van der Waals surface area (Å²) in [6.45, 7) is 0.962. The molecule has 1 aliphatic heterocycles. The summed E-state index contributed by atoms with van der Waals surface area (Å²) in [7, 11) is 0. The smallest absolute Gasteiger partial charge is 0.274 e. The zero-order chi connectivity index (χ0) is 27.6. The molecule has 0 unspecified atom stereocenters. The van der Waals surface area contributed by atoms with Gasteiger partial charge in [0.05, 0.1) is 17.1 Å². The molecular formula is C29H24Cl2FN7O. The van der Waals surface area contributed by atoms with Gasteiger partial charge in [0.15, 0.2) is 11.5 Å². The number of likely N-dealkylation sites (tertiary alicyclic amines) is 1. The summed E-state index contributed by atoms with van der Waals surface area (Å²) in [5, 5.41) is 15.5. The van der Waals surface area contributed by atoms with E-state index in [0.29, 0.717) is 64.4 Å². The van der Waals surface area contributed by atoms with Crippen molar-refractivity contribution in [2.24, 2.45) is 0 Å².